The number of carbonyl (C=O) groups excluding carboxylic acids is 1. The molecule has 0 bridgehead atoms. The van der Waals surface area contributed by atoms with Crippen molar-refractivity contribution in [1.29, 1.82) is 0 Å². The zero-order valence-corrected chi connectivity index (χ0v) is 10.5. The molecule has 0 aliphatic heterocycles. The van der Waals surface area contributed by atoms with E-state index < -0.39 is 4.92 Å². The van der Waals surface area contributed by atoms with Gasteiger partial charge >= 0.3 is 0 Å². The Morgan fingerprint density at radius 3 is 2.33 bits per heavy atom. The number of hydrogen-bond acceptors (Lipinski definition) is 4. The molecule has 0 saturated carbocycles. The summed E-state index contributed by atoms with van der Waals surface area (Å²) in [6.07, 6.45) is 0. The third-order valence-corrected chi connectivity index (χ3v) is 2.62. The molecule has 2 N–H and O–H groups in total. The summed E-state index contributed by atoms with van der Waals surface area (Å²) in [5.74, 6) is -0.136. The fourth-order valence-electron chi connectivity index (χ4n) is 1.60. The van der Waals surface area contributed by atoms with Gasteiger partial charge in [0.05, 0.1) is 11.5 Å². The minimum Gasteiger partial charge on any atom is -0.335 e. The van der Waals surface area contributed by atoms with E-state index in [0.717, 1.165) is 5.56 Å². The smallest absolute Gasteiger partial charge is 0.269 e. The van der Waals surface area contributed by atoms with Crippen LogP contribution in [0.2, 0.25) is 0 Å². The van der Waals surface area contributed by atoms with Gasteiger partial charge in [0, 0.05) is 24.7 Å². The van der Waals surface area contributed by atoms with E-state index in [4.69, 9.17) is 5.73 Å². The second kappa shape index (κ2) is 6.11. The van der Waals surface area contributed by atoms with Gasteiger partial charge in [-0.05, 0) is 19.4 Å². The lowest BCUT2D eigenvalue weighted by molar-refractivity contribution is -0.384. The molecule has 98 valence electrons. The lowest BCUT2D eigenvalue weighted by atomic mass is 10.1. The number of amides is 1. The molecule has 0 aromatic heterocycles. The quantitative estimate of drug-likeness (QED) is 0.630. The lowest BCUT2D eigenvalue weighted by Crippen LogP contribution is -2.40. The number of nitrogens with two attached hydrogens (primary N) is 1. The van der Waals surface area contributed by atoms with Crippen molar-refractivity contribution in [2.24, 2.45) is 5.73 Å². The van der Waals surface area contributed by atoms with Gasteiger partial charge in [-0.25, -0.2) is 0 Å². The second-order valence-corrected chi connectivity index (χ2v) is 4.24. The van der Waals surface area contributed by atoms with Crippen LogP contribution in [0.5, 0.6) is 0 Å². The maximum atomic E-state index is 11.6. The molecule has 0 unspecified atom stereocenters. The average Bonchev–Trinajstić information content (AvgIpc) is 2.35. The molecule has 0 saturated heterocycles. The highest BCUT2D eigenvalue weighted by atomic mass is 16.6. The van der Waals surface area contributed by atoms with Gasteiger partial charge < -0.3 is 10.6 Å². The Kier molecular flexibility index (Phi) is 4.79. The van der Waals surface area contributed by atoms with Crippen molar-refractivity contribution in [2.75, 3.05) is 6.54 Å². The molecule has 0 heterocycles. The van der Waals surface area contributed by atoms with E-state index in [2.05, 4.69) is 0 Å². The molecular weight excluding hydrogens is 234 g/mol. The number of nitrogens with zero attached hydrogens (tertiary/aromatic N) is 2. The highest BCUT2D eigenvalue weighted by Crippen LogP contribution is 2.14. The molecule has 1 aromatic rings. The van der Waals surface area contributed by atoms with Crippen molar-refractivity contribution in [3.05, 3.63) is 39.9 Å². The van der Waals surface area contributed by atoms with Gasteiger partial charge in [-0.15, -0.1) is 0 Å². The van der Waals surface area contributed by atoms with E-state index in [-0.39, 0.29) is 24.2 Å². The van der Waals surface area contributed by atoms with Crippen LogP contribution in [0.4, 0.5) is 5.69 Å². The molecular formula is C12H17N3O3. The van der Waals surface area contributed by atoms with E-state index in [9.17, 15) is 14.9 Å². The molecule has 0 aliphatic rings. The summed E-state index contributed by atoms with van der Waals surface area (Å²) < 4.78 is 0. The summed E-state index contributed by atoms with van der Waals surface area (Å²) in [6, 6.07) is 6.20. The summed E-state index contributed by atoms with van der Waals surface area (Å²) in [5, 5.41) is 10.5. The van der Waals surface area contributed by atoms with E-state index in [1.54, 1.807) is 17.0 Å². The number of hydrogen-bond donors (Lipinski definition) is 1. The van der Waals surface area contributed by atoms with Gasteiger partial charge in [0.1, 0.15) is 0 Å². The van der Waals surface area contributed by atoms with Crippen LogP contribution >= 0.6 is 0 Å². The number of benzene rings is 1. The first-order valence-corrected chi connectivity index (χ1v) is 5.68. The predicted octanol–water partition coefficient (Wildman–Crippen LogP) is 1.29. The van der Waals surface area contributed by atoms with E-state index >= 15 is 0 Å². The summed E-state index contributed by atoms with van der Waals surface area (Å²) in [4.78, 5) is 23.3. The van der Waals surface area contributed by atoms with Crippen LogP contribution in [0.15, 0.2) is 24.3 Å². The lowest BCUT2D eigenvalue weighted by Gasteiger charge is -2.26. The van der Waals surface area contributed by atoms with Gasteiger partial charge in [0.15, 0.2) is 0 Å². The highest BCUT2D eigenvalue weighted by molar-refractivity contribution is 5.78. The van der Waals surface area contributed by atoms with Crippen molar-refractivity contribution in [2.45, 2.75) is 26.4 Å². The second-order valence-electron chi connectivity index (χ2n) is 4.24. The minimum atomic E-state index is -0.449. The Hall–Kier alpha value is -1.95. The molecule has 0 atom stereocenters. The van der Waals surface area contributed by atoms with Crippen molar-refractivity contribution in [1.82, 2.24) is 4.90 Å². The molecule has 6 heteroatoms. The van der Waals surface area contributed by atoms with Crippen molar-refractivity contribution < 1.29 is 9.72 Å². The standard InChI is InChI=1S/C12H17N3O3/c1-9(2)14(12(16)7-13)8-10-3-5-11(6-4-10)15(17)18/h3-6,9H,7-8,13H2,1-2H3. The van der Waals surface area contributed by atoms with Gasteiger partial charge in [-0.1, -0.05) is 12.1 Å². The first-order valence-electron chi connectivity index (χ1n) is 5.68. The monoisotopic (exact) mass is 251 g/mol. The number of carbonyl (C=O) groups is 1. The van der Waals surface area contributed by atoms with Crippen molar-refractivity contribution in [3.63, 3.8) is 0 Å². The van der Waals surface area contributed by atoms with E-state index in [1.165, 1.54) is 12.1 Å². The summed E-state index contributed by atoms with van der Waals surface area (Å²) in [6.45, 7) is 4.18. The van der Waals surface area contributed by atoms with Crippen LogP contribution in [0.1, 0.15) is 19.4 Å². The van der Waals surface area contributed by atoms with Crippen LogP contribution < -0.4 is 5.73 Å². The fourth-order valence-corrected chi connectivity index (χ4v) is 1.60. The topological polar surface area (TPSA) is 89.5 Å². The summed E-state index contributed by atoms with van der Waals surface area (Å²) >= 11 is 0. The SMILES string of the molecule is CC(C)N(Cc1ccc([N+](=O)[O-])cc1)C(=O)CN. The van der Waals surface area contributed by atoms with Gasteiger partial charge in [0.2, 0.25) is 5.91 Å². The number of non-ortho nitro benzene ring substituents is 1. The van der Waals surface area contributed by atoms with Crippen LogP contribution in [-0.2, 0) is 11.3 Å². The first kappa shape index (κ1) is 14.1. The molecule has 18 heavy (non-hydrogen) atoms. The third kappa shape index (κ3) is 3.53. The van der Waals surface area contributed by atoms with Crippen LogP contribution in [-0.4, -0.2) is 28.3 Å². The molecule has 0 aliphatic carbocycles. The molecule has 1 amide bonds. The predicted molar refractivity (Wildman–Crippen MR) is 67.8 cm³/mol. The molecule has 0 spiro atoms. The minimum absolute atomic E-state index is 0.0365. The van der Waals surface area contributed by atoms with Crippen LogP contribution in [0, 0.1) is 10.1 Å². The maximum Gasteiger partial charge on any atom is 0.269 e. The van der Waals surface area contributed by atoms with Crippen molar-refractivity contribution in [3.8, 4) is 0 Å². The van der Waals surface area contributed by atoms with Gasteiger partial charge in [-0.2, -0.15) is 0 Å². The summed E-state index contributed by atoms with van der Waals surface area (Å²) in [7, 11) is 0. The number of rotatable bonds is 5. The van der Waals surface area contributed by atoms with Gasteiger partial charge in [-0.3, -0.25) is 14.9 Å². The zero-order chi connectivity index (χ0) is 13.7. The van der Waals surface area contributed by atoms with Crippen LogP contribution in [0.3, 0.4) is 0 Å². The Balaban J connectivity index is 2.81. The fraction of sp³-hybridized carbons (Fsp3) is 0.417. The highest BCUT2D eigenvalue weighted by Gasteiger charge is 2.16. The Morgan fingerprint density at radius 2 is 1.94 bits per heavy atom. The molecule has 1 aromatic carbocycles. The molecule has 0 fully saturated rings. The van der Waals surface area contributed by atoms with Crippen LogP contribution in [0.25, 0.3) is 0 Å². The Morgan fingerprint density at radius 1 is 1.39 bits per heavy atom. The zero-order valence-electron chi connectivity index (χ0n) is 10.5. The normalized spacial score (nSPS) is 10.4. The molecule has 0 radical (unpaired) electrons. The maximum absolute atomic E-state index is 11.6. The average molecular weight is 251 g/mol. The first-order chi connectivity index (χ1) is 8.45. The number of nitro groups is 1. The van der Waals surface area contributed by atoms with E-state index in [0.29, 0.717) is 6.54 Å². The Bertz CT molecular complexity index is 429. The third-order valence-electron chi connectivity index (χ3n) is 2.62. The van der Waals surface area contributed by atoms with Crippen molar-refractivity contribution >= 4 is 11.6 Å². The molecule has 1 rings (SSSR count). The van der Waals surface area contributed by atoms with Gasteiger partial charge in [0.25, 0.3) is 5.69 Å². The Labute approximate surface area is 106 Å². The summed E-state index contributed by atoms with van der Waals surface area (Å²) in [5.41, 5.74) is 6.23. The van der Waals surface area contributed by atoms with E-state index in [1.807, 2.05) is 13.8 Å². The largest absolute Gasteiger partial charge is 0.335 e. The number of nitro benzene ring substituents is 1. The molecule has 6 nitrogen and oxygen atoms in total.